The van der Waals surface area contributed by atoms with Crippen LogP contribution in [0.2, 0.25) is 5.02 Å². The van der Waals surface area contributed by atoms with E-state index in [1.54, 1.807) is 31.2 Å². The Balaban J connectivity index is 2.29. The van der Waals surface area contributed by atoms with Crippen LogP contribution in [0.3, 0.4) is 0 Å². The maximum atomic E-state index is 11.3. The minimum Gasteiger partial charge on any atom is -0.370 e. The maximum Gasteiger partial charge on any atom is 0.290 e. The lowest BCUT2D eigenvalue weighted by Gasteiger charge is -2.19. The lowest BCUT2D eigenvalue weighted by molar-refractivity contribution is -0.385. The molecule has 1 heterocycles. The van der Waals surface area contributed by atoms with Crippen LogP contribution >= 0.6 is 11.6 Å². The molecule has 1 atom stereocenters. The van der Waals surface area contributed by atoms with Gasteiger partial charge in [-0.2, -0.15) is 0 Å². The molecule has 7 nitrogen and oxygen atoms in total. The normalized spacial score (nSPS) is 11.7. The SMILES string of the molecule is Cc1cc(N[C@H](CC(N)=O)c2cccc(Cl)c2)ncc1[N+](=O)[O-]. The zero-order chi connectivity index (χ0) is 17.0. The second-order valence-electron chi connectivity index (χ2n) is 5.04. The van der Waals surface area contributed by atoms with Gasteiger partial charge in [-0.25, -0.2) is 4.98 Å². The molecule has 0 saturated heterocycles. The number of nitrogens with two attached hydrogens (primary N) is 1. The van der Waals surface area contributed by atoms with Gasteiger partial charge in [-0.15, -0.1) is 0 Å². The van der Waals surface area contributed by atoms with Crippen molar-refractivity contribution in [2.75, 3.05) is 5.32 Å². The molecule has 2 aromatic rings. The molecule has 120 valence electrons. The number of nitrogens with one attached hydrogen (secondary N) is 1. The summed E-state index contributed by atoms with van der Waals surface area (Å²) >= 11 is 5.97. The molecule has 0 aliphatic heterocycles. The average molecular weight is 335 g/mol. The molecular formula is C15H15ClN4O3. The number of nitro groups is 1. The second-order valence-corrected chi connectivity index (χ2v) is 5.47. The number of primary amides is 1. The van der Waals surface area contributed by atoms with Gasteiger partial charge < -0.3 is 11.1 Å². The number of nitrogens with zero attached hydrogens (tertiary/aromatic N) is 2. The Kier molecular flexibility index (Phi) is 5.13. The third-order valence-corrected chi connectivity index (χ3v) is 3.49. The number of aromatic nitrogens is 1. The van der Waals surface area contributed by atoms with E-state index in [0.717, 1.165) is 5.56 Å². The zero-order valence-corrected chi connectivity index (χ0v) is 13.1. The smallest absolute Gasteiger partial charge is 0.290 e. The number of carbonyl (C=O) groups excluding carboxylic acids is 1. The van der Waals surface area contributed by atoms with Crippen molar-refractivity contribution >= 4 is 29.0 Å². The van der Waals surface area contributed by atoms with Crippen LogP contribution in [-0.2, 0) is 4.79 Å². The average Bonchev–Trinajstić information content (AvgIpc) is 2.45. The monoisotopic (exact) mass is 334 g/mol. The lowest BCUT2D eigenvalue weighted by atomic mass is 10.0. The van der Waals surface area contributed by atoms with Crippen LogP contribution in [0.15, 0.2) is 36.5 Å². The lowest BCUT2D eigenvalue weighted by Crippen LogP contribution is -2.21. The topological polar surface area (TPSA) is 111 Å². The number of aryl methyl sites for hydroxylation is 1. The number of pyridine rings is 1. The van der Waals surface area contributed by atoms with Gasteiger partial charge >= 0.3 is 0 Å². The maximum absolute atomic E-state index is 11.3. The van der Waals surface area contributed by atoms with Crippen molar-refractivity contribution in [1.29, 1.82) is 0 Å². The summed E-state index contributed by atoms with van der Waals surface area (Å²) in [5.41, 5.74) is 6.47. The molecule has 2 rings (SSSR count). The van der Waals surface area contributed by atoms with Gasteiger partial charge in [-0.1, -0.05) is 23.7 Å². The molecule has 0 unspecified atom stereocenters. The Morgan fingerprint density at radius 1 is 1.48 bits per heavy atom. The molecular weight excluding hydrogens is 320 g/mol. The molecule has 0 radical (unpaired) electrons. The van der Waals surface area contributed by atoms with Crippen molar-refractivity contribution in [3.63, 3.8) is 0 Å². The fourth-order valence-corrected chi connectivity index (χ4v) is 2.37. The van der Waals surface area contributed by atoms with E-state index in [1.165, 1.54) is 6.20 Å². The van der Waals surface area contributed by atoms with Gasteiger partial charge in [-0.3, -0.25) is 14.9 Å². The number of amides is 1. The highest BCUT2D eigenvalue weighted by atomic mass is 35.5. The first-order valence-electron chi connectivity index (χ1n) is 6.78. The zero-order valence-electron chi connectivity index (χ0n) is 12.3. The largest absolute Gasteiger partial charge is 0.370 e. The van der Waals surface area contributed by atoms with Crippen LogP contribution in [0.1, 0.15) is 23.6 Å². The van der Waals surface area contributed by atoms with E-state index in [2.05, 4.69) is 10.3 Å². The summed E-state index contributed by atoms with van der Waals surface area (Å²) in [6.45, 7) is 1.62. The van der Waals surface area contributed by atoms with Gasteiger partial charge in [0.1, 0.15) is 12.0 Å². The molecule has 23 heavy (non-hydrogen) atoms. The summed E-state index contributed by atoms with van der Waals surface area (Å²) in [4.78, 5) is 25.7. The van der Waals surface area contributed by atoms with Gasteiger partial charge in [0.2, 0.25) is 5.91 Å². The van der Waals surface area contributed by atoms with E-state index in [9.17, 15) is 14.9 Å². The number of benzene rings is 1. The first kappa shape index (κ1) is 16.7. The van der Waals surface area contributed by atoms with Crippen LogP contribution in [0.5, 0.6) is 0 Å². The van der Waals surface area contributed by atoms with Gasteiger partial charge in [0.25, 0.3) is 5.69 Å². The molecule has 1 amide bonds. The number of carbonyl (C=O) groups is 1. The number of hydrogen-bond acceptors (Lipinski definition) is 5. The van der Waals surface area contributed by atoms with Crippen molar-refractivity contribution < 1.29 is 9.72 Å². The summed E-state index contributed by atoms with van der Waals surface area (Å²) in [5, 5.41) is 14.4. The third-order valence-electron chi connectivity index (χ3n) is 3.26. The number of hydrogen-bond donors (Lipinski definition) is 2. The van der Waals surface area contributed by atoms with E-state index < -0.39 is 16.9 Å². The Morgan fingerprint density at radius 2 is 2.22 bits per heavy atom. The first-order valence-corrected chi connectivity index (χ1v) is 7.16. The minimum absolute atomic E-state index is 0.0397. The Bertz CT molecular complexity index is 751. The Morgan fingerprint density at radius 3 is 2.78 bits per heavy atom. The van der Waals surface area contributed by atoms with Crippen molar-refractivity contribution in [3.05, 3.63) is 62.8 Å². The fraction of sp³-hybridized carbons (Fsp3) is 0.200. The molecule has 0 aliphatic carbocycles. The molecule has 0 fully saturated rings. The third kappa shape index (κ3) is 4.40. The quantitative estimate of drug-likeness (QED) is 0.623. The Labute approximate surface area is 137 Å². The first-order chi connectivity index (χ1) is 10.9. The van der Waals surface area contributed by atoms with Crippen molar-refractivity contribution in [2.24, 2.45) is 5.73 Å². The van der Waals surface area contributed by atoms with E-state index in [1.807, 2.05) is 6.07 Å². The second kappa shape index (κ2) is 7.06. The highest BCUT2D eigenvalue weighted by Gasteiger charge is 2.17. The summed E-state index contributed by atoms with van der Waals surface area (Å²) in [7, 11) is 0. The Hall–Kier alpha value is -2.67. The van der Waals surface area contributed by atoms with E-state index in [4.69, 9.17) is 17.3 Å². The van der Waals surface area contributed by atoms with Gasteiger partial charge in [-0.05, 0) is 30.7 Å². The predicted octanol–water partition coefficient (Wildman–Crippen LogP) is 2.98. The summed E-state index contributed by atoms with van der Waals surface area (Å²) in [5.74, 6) is -0.0690. The van der Waals surface area contributed by atoms with Crippen molar-refractivity contribution in [2.45, 2.75) is 19.4 Å². The van der Waals surface area contributed by atoms with Gasteiger partial charge in [0.15, 0.2) is 0 Å². The predicted molar refractivity (Wildman–Crippen MR) is 87.3 cm³/mol. The molecule has 0 bridgehead atoms. The molecule has 8 heteroatoms. The van der Waals surface area contributed by atoms with Crippen LogP contribution in [-0.4, -0.2) is 15.8 Å². The summed E-state index contributed by atoms with van der Waals surface area (Å²) in [6, 6.07) is 8.14. The summed E-state index contributed by atoms with van der Waals surface area (Å²) < 4.78 is 0. The molecule has 1 aromatic carbocycles. The van der Waals surface area contributed by atoms with Crippen LogP contribution in [0, 0.1) is 17.0 Å². The molecule has 0 aliphatic rings. The highest BCUT2D eigenvalue weighted by Crippen LogP contribution is 2.26. The van der Waals surface area contributed by atoms with Gasteiger partial charge in [0, 0.05) is 10.6 Å². The molecule has 0 saturated carbocycles. The van der Waals surface area contributed by atoms with E-state index in [-0.39, 0.29) is 12.1 Å². The number of anilines is 1. The minimum atomic E-state index is -0.496. The highest BCUT2D eigenvalue weighted by molar-refractivity contribution is 6.30. The van der Waals surface area contributed by atoms with Crippen LogP contribution in [0.25, 0.3) is 0 Å². The molecule has 1 aromatic heterocycles. The van der Waals surface area contributed by atoms with Crippen LogP contribution < -0.4 is 11.1 Å². The molecule has 0 spiro atoms. The van der Waals surface area contributed by atoms with Crippen molar-refractivity contribution in [3.8, 4) is 0 Å². The van der Waals surface area contributed by atoms with Gasteiger partial charge in [0.05, 0.1) is 17.4 Å². The fourth-order valence-electron chi connectivity index (χ4n) is 2.17. The number of rotatable bonds is 6. The standard InChI is InChI=1S/C15H15ClN4O3/c1-9-5-15(18-8-13(9)20(22)23)19-12(7-14(17)21)10-3-2-4-11(16)6-10/h2-6,8,12H,7H2,1H3,(H2,17,21)(H,18,19)/t12-/m1/s1. The van der Waals surface area contributed by atoms with Crippen LogP contribution in [0.4, 0.5) is 11.5 Å². The summed E-state index contributed by atoms with van der Waals surface area (Å²) in [6.07, 6.45) is 1.22. The molecule has 3 N–H and O–H groups in total. The van der Waals surface area contributed by atoms with E-state index >= 15 is 0 Å². The van der Waals surface area contributed by atoms with Crippen molar-refractivity contribution in [1.82, 2.24) is 4.98 Å². The van der Waals surface area contributed by atoms with E-state index in [0.29, 0.717) is 16.4 Å². The number of halogens is 1.